The first-order chi connectivity index (χ1) is 7.11. The Morgan fingerprint density at radius 1 is 1.20 bits per heavy atom. The lowest BCUT2D eigenvalue weighted by molar-refractivity contribution is -0.572. The number of aliphatic hydroxyl groups is 3. The van der Waals surface area contributed by atoms with Crippen LogP contribution in [0.5, 0.6) is 0 Å². The van der Waals surface area contributed by atoms with E-state index >= 15 is 0 Å². The number of aliphatic hydroxyl groups excluding tert-OH is 3. The quantitative estimate of drug-likeness (QED) is 0.550. The van der Waals surface area contributed by atoms with Gasteiger partial charge in [0.2, 0.25) is 0 Å². The van der Waals surface area contributed by atoms with Crippen LogP contribution in [0.4, 0.5) is 0 Å². The minimum Gasteiger partial charge on any atom is -0.394 e. The van der Waals surface area contributed by atoms with E-state index in [1.54, 1.807) is 12.4 Å². The van der Waals surface area contributed by atoms with E-state index in [4.69, 9.17) is 15.3 Å². The van der Waals surface area contributed by atoms with E-state index in [1.807, 2.05) is 18.2 Å². The summed E-state index contributed by atoms with van der Waals surface area (Å²) in [6, 6.07) is 5.52. The molecule has 15 heavy (non-hydrogen) atoms. The molecule has 0 amide bonds. The Kier molecular flexibility index (Phi) is 7.35. The summed E-state index contributed by atoms with van der Waals surface area (Å²) in [5, 5.41) is 24.0. The van der Waals surface area contributed by atoms with Gasteiger partial charge in [-0.05, 0) is 0 Å². The molecule has 0 fully saturated rings. The molecule has 1 heterocycles. The second kappa shape index (κ2) is 8.05. The number of aromatic nitrogens is 1. The molecule has 0 bridgehead atoms. The van der Waals surface area contributed by atoms with Crippen molar-refractivity contribution in [1.82, 2.24) is 0 Å². The first kappa shape index (κ1) is 13.7. The molecule has 1 aromatic heterocycles. The van der Waals surface area contributed by atoms with Crippen LogP contribution >= 0.6 is 0 Å². The van der Waals surface area contributed by atoms with E-state index in [0.717, 1.165) is 0 Å². The summed E-state index contributed by atoms with van der Waals surface area (Å²) < 4.78 is 1.53. The largest absolute Gasteiger partial charge is 0.394 e. The molecule has 84 valence electrons. The van der Waals surface area contributed by atoms with E-state index in [0.29, 0.717) is 0 Å². The van der Waals surface area contributed by atoms with E-state index in [9.17, 15) is 4.79 Å². The van der Waals surface area contributed by atoms with Gasteiger partial charge >= 0.3 is 5.91 Å². The number of hydrogen-bond donors (Lipinski definition) is 3. The highest BCUT2D eigenvalue weighted by Gasteiger charge is 2.01. The van der Waals surface area contributed by atoms with Gasteiger partial charge in [-0.25, -0.2) is 4.79 Å². The minimum absolute atomic E-state index is 0.0376. The number of nitrogens with zero attached hydrogens (tertiary/aromatic N) is 1. The fourth-order valence-electron chi connectivity index (χ4n) is 0.666. The third-order valence-electron chi connectivity index (χ3n) is 1.50. The van der Waals surface area contributed by atoms with Crippen molar-refractivity contribution in [2.75, 3.05) is 13.2 Å². The van der Waals surface area contributed by atoms with Gasteiger partial charge in [0.25, 0.3) is 0 Å². The number of carbonyl (C=O) groups excluding carboxylic acids is 1. The molecule has 3 N–H and O–H groups in total. The fraction of sp³-hybridized carbons (Fsp3) is 0.400. The maximum Gasteiger partial charge on any atom is 0.389 e. The van der Waals surface area contributed by atoms with E-state index < -0.39 is 6.10 Å². The van der Waals surface area contributed by atoms with Crippen molar-refractivity contribution in [2.45, 2.75) is 13.0 Å². The van der Waals surface area contributed by atoms with Crippen molar-refractivity contribution in [2.24, 2.45) is 0 Å². The first-order valence-corrected chi connectivity index (χ1v) is 4.48. The Morgan fingerprint density at radius 3 is 1.87 bits per heavy atom. The third kappa shape index (κ3) is 6.73. The van der Waals surface area contributed by atoms with Gasteiger partial charge < -0.3 is 15.3 Å². The average molecular weight is 214 g/mol. The van der Waals surface area contributed by atoms with Gasteiger partial charge in [0, 0.05) is 12.1 Å². The maximum atomic E-state index is 10.6. The van der Waals surface area contributed by atoms with Crippen LogP contribution in [-0.2, 0) is 0 Å². The van der Waals surface area contributed by atoms with E-state index in [1.165, 1.54) is 11.5 Å². The standard InChI is InChI=1S/C7H8NO.C3H8O3/c1-7(9)8-5-3-2-4-6-8;4-1-3(6)2-5/h2-6H,1H3;3-6H,1-2H2/q+1;. The van der Waals surface area contributed by atoms with Crippen LogP contribution in [0.1, 0.15) is 11.7 Å². The highest BCUT2D eigenvalue weighted by Crippen LogP contribution is 1.75. The zero-order valence-corrected chi connectivity index (χ0v) is 8.58. The SMILES string of the molecule is CC(=O)[n+]1ccccc1.OCC(O)CO. The average Bonchev–Trinajstić information content (AvgIpc) is 2.30. The Morgan fingerprint density at radius 2 is 1.67 bits per heavy atom. The lowest BCUT2D eigenvalue weighted by Gasteiger charge is -1.96. The second-order valence-electron chi connectivity index (χ2n) is 2.82. The molecule has 0 aliphatic rings. The highest BCUT2D eigenvalue weighted by molar-refractivity contribution is 5.62. The Bertz CT molecular complexity index is 272. The first-order valence-electron chi connectivity index (χ1n) is 4.48. The summed E-state index contributed by atoms with van der Waals surface area (Å²) in [5.41, 5.74) is 0. The normalized spacial score (nSPS) is 9.40. The van der Waals surface area contributed by atoms with Crippen molar-refractivity contribution in [3.63, 3.8) is 0 Å². The van der Waals surface area contributed by atoms with E-state index in [2.05, 4.69) is 0 Å². The molecule has 0 atom stereocenters. The van der Waals surface area contributed by atoms with Gasteiger partial charge in [-0.3, -0.25) is 0 Å². The number of rotatable bonds is 2. The zero-order chi connectivity index (χ0) is 11.7. The van der Waals surface area contributed by atoms with Gasteiger partial charge in [0.15, 0.2) is 12.4 Å². The van der Waals surface area contributed by atoms with Gasteiger partial charge in [-0.2, -0.15) is 0 Å². The summed E-state index contributed by atoms with van der Waals surface area (Å²) >= 11 is 0. The smallest absolute Gasteiger partial charge is 0.389 e. The van der Waals surface area contributed by atoms with E-state index in [-0.39, 0.29) is 19.1 Å². The molecule has 0 aliphatic heterocycles. The zero-order valence-electron chi connectivity index (χ0n) is 8.58. The van der Waals surface area contributed by atoms with Crippen LogP contribution in [0.2, 0.25) is 0 Å². The van der Waals surface area contributed by atoms with Crippen molar-refractivity contribution in [3.05, 3.63) is 30.6 Å². The van der Waals surface area contributed by atoms with Gasteiger partial charge in [-0.1, -0.05) is 6.07 Å². The molecule has 1 rings (SSSR count). The summed E-state index contributed by atoms with van der Waals surface area (Å²) in [6.45, 7) is 0.799. The molecular weight excluding hydrogens is 198 g/mol. The van der Waals surface area contributed by atoms with Crippen LogP contribution in [0.15, 0.2) is 30.6 Å². The van der Waals surface area contributed by atoms with Crippen molar-refractivity contribution >= 4 is 5.91 Å². The molecule has 0 aromatic carbocycles. The van der Waals surface area contributed by atoms with Gasteiger partial charge in [0.1, 0.15) is 6.10 Å². The molecule has 0 aliphatic carbocycles. The molecule has 0 radical (unpaired) electrons. The highest BCUT2D eigenvalue weighted by atomic mass is 16.3. The topological polar surface area (TPSA) is 81.6 Å². The molecule has 0 saturated heterocycles. The van der Waals surface area contributed by atoms with Crippen molar-refractivity contribution in [1.29, 1.82) is 0 Å². The lowest BCUT2D eigenvalue weighted by Crippen LogP contribution is -2.38. The third-order valence-corrected chi connectivity index (χ3v) is 1.50. The van der Waals surface area contributed by atoms with Crippen molar-refractivity contribution < 1.29 is 24.7 Å². The Labute approximate surface area is 88.2 Å². The Balaban J connectivity index is 0.000000288. The van der Waals surface area contributed by atoms with Crippen LogP contribution in [0.25, 0.3) is 0 Å². The van der Waals surface area contributed by atoms with Gasteiger partial charge in [0.05, 0.1) is 20.1 Å². The Hall–Kier alpha value is -1.30. The maximum absolute atomic E-state index is 10.6. The molecular formula is C10H16NO4+. The fourth-order valence-corrected chi connectivity index (χ4v) is 0.666. The molecule has 0 spiro atoms. The van der Waals surface area contributed by atoms with Crippen LogP contribution in [-0.4, -0.2) is 40.5 Å². The lowest BCUT2D eigenvalue weighted by atomic mass is 10.4. The number of hydrogen-bond acceptors (Lipinski definition) is 4. The molecule has 0 unspecified atom stereocenters. The molecule has 1 aromatic rings. The van der Waals surface area contributed by atoms with Gasteiger partial charge in [-0.15, -0.1) is 4.57 Å². The van der Waals surface area contributed by atoms with Crippen LogP contribution < -0.4 is 4.57 Å². The summed E-state index contributed by atoms with van der Waals surface area (Å²) in [4.78, 5) is 10.6. The second-order valence-corrected chi connectivity index (χ2v) is 2.82. The van der Waals surface area contributed by atoms with Crippen LogP contribution in [0, 0.1) is 0 Å². The number of carbonyl (C=O) groups is 1. The molecule has 0 saturated carbocycles. The molecule has 5 heteroatoms. The number of pyridine rings is 1. The monoisotopic (exact) mass is 214 g/mol. The van der Waals surface area contributed by atoms with Crippen molar-refractivity contribution in [3.8, 4) is 0 Å². The van der Waals surface area contributed by atoms with Crippen LogP contribution in [0.3, 0.4) is 0 Å². The summed E-state index contributed by atoms with van der Waals surface area (Å²) in [5.74, 6) is 0.0376. The predicted molar refractivity (Wildman–Crippen MR) is 53.1 cm³/mol. The summed E-state index contributed by atoms with van der Waals surface area (Å²) in [7, 11) is 0. The predicted octanol–water partition coefficient (Wildman–Crippen LogP) is -1.03. The minimum atomic E-state index is -0.954. The molecule has 5 nitrogen and oxygen atoms in total. The summed E-state index contributed by atoms with van der Waals surface area (Å²) in [6.07, 6.45) is 2.50.